The van der Waals surface area contributed by atoms with Gasteiger partial charge < -0.3 is 10.0 Å². The second-order valence-corrected chi connectivity index (χ2v) is 5.11. The fourth-order valence-corrected chi connectivity index (χ4v) is 2.67. The predicted molar refractivity (Wildman–Crippen MR) is 84.3 cm³/mol. The molecule has 1 aliphatic heterocycles. The Kier molecular flexibility index (Phi) is 3.57. The number of fused-ring (bicyclic) bond motifs is 2. The second-order valence-electron chi connectivity index (χ2n) is 5.11. The highest BCUT2D eigenvalue weighted by molar-refractivity contribution is 5.79. The van der Waals surface area contributed by atoms with Crippen molar-refractivity contribution in [3.8, 4) is 0 Å². The number of hydrogen-bond donors (Lipinski definition) is 1. The summed E-state index contributed by atoms with van der Waals surface area (Å²) in [4.78, 5) is 2.08. The molecule has 3 rings (SSSR count). The van der Waals surface area contributed by atoms with Crippen molar-refractivity contribution >= 4 is 17.8 Å². The van der Waals surface area contributed by atoms with Crippen molar-refractivity contribution < 1.29 is 5.11 Å². The summed E-state index contributed by atoms with van der Waals surface area (Å²) in [5.41, 5.74) is 4.70. The third kappa shape index (κ3) is 2.35. The lowest BCUT2D eigenvalue weighted by Gasteiger charge is -2.32. The number of anilines is 1. The topological polar surface area (TPSA) is 23.5 Å². The Morgan fingerprint density at radius 2 is 1.65 bits per heavy atom. The summed E-state index contributed by atoms with van der Waals surface area (Å²) in [6, 6.07) is 16.6. The zero-order valence-electron chi connectivity index (χ0n) is 11.7. The van der Waals surface area contributed by atoms with Crippen LogP contribution in [0.3, 0.4) is 0 Å². The zero-order valence-corrected chi connectivity index (χ0v) is 11.7. The molecule has 0 fully saturated rings. The van der Waals surface area contributed by atoms with Gasteiger partial charge in [-0.1, -0.05) is 61.5 Å². The van der Waals surface area contributed by atoms with Crippen molar-refractivity contribution in [1.82, 2.24) is 0 Å². The van der Waals surface area contributed by atoms with Gasteiger partial charge in [0.15, 0.2) is 0 Å². The molecule has 1 heterocycles. The first-order valence-corrected chi connectivity index (χ1v) is 7.09. The lowest BCUT2D eigenvalue weighted by atomic mass is 10.0. The van der Waals surface area contributed by atoms with Crippen LogP contribution in [0.25, 0.3) is 12.2 Å². The molecule has 1 atom stereocenters. The van der Waals surface area contributed by atoms with E-state index in [1.165, 1.54) is 11.1 Å². The standard InChI is InChI=1S/C18H19NO/c1-2-18(20)19-13-16-9-4-3-7-14(16)11-12-15-8-5-6-10-17(15)19/h3-12,18,20H,2,13H2,1H3/b12-11-. The quantitative estimate of drug-likeness (QED) is 0.890. The van der Waals surface area contributed by atoms with E-state index in [-0.39, 0.29) is 0 Å². The normalized spacial score (nSPS) is 16.6. The van der Waals surface area contributed by atoms with Crippen molar-refractivity contribution in [1.29, 1.82) is 0 Å². The number of aliphatic hydroxyl groups is 1. The van der Waals surface area contributed by atoms with E-state index in [1.54, 1.807) is 0 Å². The first-order chi connectivity index (χ1) is 9.79. The summed E-state index contributed by atoms with van der Waals surface area (Å²) in [6.07, 6.45) is 4.53. The van der Waals surface area contributed by atoms with Crippen LogP contribution in [0.1, 0.15) is 30.0 Å². The van der Waals surface area contributed by atoms with Crippen molar-refractivity contribution in [3.05, 3.63) is 65.2 Å². The molecule has 0 aliphatic carbocycles. The molecule has 2 aromatic rings. The van der Waals surface area contributed by atoms with E-state index in [0.717, 1.165) is 17.8 Å². The highest BCUT2D eigenvalue weighted by atomic mass is 16.3. The third-order valence-corrected chi connectivity index (χ3v) is 3.81. The molecule has 0 radical (unpaired) electrons. The molecule has 0 spiro atoms. The van der Waals surface area contributed by atoms with Crippen LogP contribution in [0.5, 0.6) is 0 Å². The Morgan fingerprint density at radius 1 is 1.00 bits per heavy atom. The average molecular weight is 265 g/mol. The lowest BCUT2D eigenvalue weighted by molar-refractivity contribution is 0.162. The van der Waals surface area contributed by atoms with Crippen LogP contribution >= 0.6 is 0 Å². The summed E-state index contributed by atoms with van der Waals surface area (Å²) in [6.45, 7) is 2.74. The van der Waals surface area contributed by atoms with Gasteiger partial charge in [-0.15, -0.1) is 0 Å². The number of rotatable bonds is 2. The third-order valence-electron chi connectivity index (χ3n) is 3.81. The summed E-state index contributed by atoms with van der Waals surface area (Å²) >= 11 is 0. The SMILES string of the molecule is CCC(O)N1Cc2ccccc2/C=C\c2ccccc21. The maximum absolute atomic E-state index is 10.4. The first kappa shape index (κ1) is 12.9. The molecule has 102 valence electrons. The van der Waals surface area contributed by atoms with E-state index in [0.29, 0.717) is 6.42 Å². The molecule has 2 aromatic carbocycles. The first-order valence-electron chi connectivity index (χ1n) is 7.09. The molecule has 2 nitrogen and oxygen atoms in total. The molecule has 1 unspecified atom stereocenters. The van der Waals surface area contributed by atoms with Gasteiger partial charge in [0.25, 0.3) is 0 Å². The van der Waals surface area contributed by atoms with Gasteiger partial charge in [-0.3, -0.25) is 0 Å². The fraction of sp³-hybridized carbons (Fsp3) is 0.222. The Balaban J connectivity index is 2.14. The van der Waals surface area contributed by atoms with E-state index in [2.05, 4.69) is 53.5 Å². The van der Waals surface area contributed by atoms with Crippen LogP contribution in [0.15, 0.2) is 48.5 Å². The molecule has 1 aliphatic rings. The van der Waals surface area contributed by atoms with E-state index in [9.17, 15) is 5.11 Å². The maximum atomic E-state index is 10.4. The smallest absolute Gasteiger partial charge is 0.126 e. The molecular weight excluding hydrogens is 246 g/mol. The van der Waals surface area contributed by atoms with Gasteiger partial charge in [0.05, 0.1) is 0 Å². The predicted octanol–water partition coefficient (Wildman–Crippen LogP) is 3.91. The highest BCUT2D eigenvalue weighted by Crippen LogP contribution is 2.30. The summed E-state index contributed by atoms with van der Waals surface area (Å²) in [5.74, 6) is 0. The minimum atomic E-state index is -0.462. The zero-order chi connectivity index (χ0) is 13.9. The van der Waals surface area contributed by atoms with Crippen LogP contribution in [0, 0.1) is 0 Å². The Bertz CT molecular complexity index is 633. The van der Waals surface area contributed by atoms with Crippen molar-refractivity contribution in [3.63, 3.8) is 0 Å². The van der Waals surface area contributed by atoms with Gasteiger partial charge in [0.2, 0.25) is 0 Å². The molecule has 0 saturated heterocycles. The Hall–Kier alpha value is -2.06. The monoisotopic (exact) mass is 265 g/mol. The number of para-hydroxylation sites is 1. The van der Waals surface area contributed by atoms with Crippen LogP contribution in [-0.2, 0) is 6.54 Å². The van der Waals surface area contributed by atoms with E-state index in [1.807, 2.05) is 19.1 Å². The number of nitrogens with zero attached hydrogens (tertiary/aromatic N) is 1. The fourth-order valence-electron chi connectivity index (χ4n) is 2.67. The molecule has 20 heavy (non-hydrogen) atoms. The molecule has 0 saturated carbocycles. The van der Waals surface area contributed by atoms with Crippen LogP contribution in [0.2, 0.25) is 0 Å². The Morgan fingerprint density at radius 3 is 2.45 bits per heavy atom. The maximum Gasteiger partial charge on any atom is 0.126 e. The number of aliphatic hydroxyl groups excluding tert-OH is 1. The van der Waals surface area contributed by atoms with E-state index >= 15 is 0 Å². The molecule has 0 aromatic heterocycles. The lowest BCUT2D eigenvalue weighted by Crippen LogP contribution is -2.35. The van der Waals surface area contributed by atoms with Crippen molar-refractivity contribution in [2.75, 3.05) is 4.90 Å². The summed E-state index contributed by atoms with van der Waals surface area (Å²) in [5, 5.41) is 10.4. The molecular formula is C18H19NO. The Labute approximate surface area is 120 Å². The average Bonchev–Trinajstić information content (AvgIpc) is 2.49. The number of hydrogen-bond acceptors (Lipinski definition) is 2. The van der Waals surface area contributed by atoms with Gasteiger partial charge in [-0.25, -0.2) is 0 Å². The van der Waals surface area contributed by atoms with Crippen molar-refractivity contribution in [2.45, 2.75) is 26.1 Å². The van der Waals surface area contributed by atoms with Gasteiger partial charge in [0.1, 0.15) is 6.23 Å². The van der Waals surface area contributed by atoms with Gasteiger partial charge in [-0.05, 0) is 29.2 Å². The largest absolute Gasteiger partial charge is 0.374 e. The minimum absolute atomic E-state index is 0.462. The van der Waals surface area contributed by atoms with Gasteiger partial charge in [0, 0.05) is 12.2 Å². The van der Waals surface area contributed by atoms with Crippen LogP contribution in [-0.4, -0.2) is 11.3 Å². The van der Waals surface area contributed by atoms with Crippen molar-refractivity contribution in [2.24, 2.45) is 0 Å². The van der Waals surface area contributed by atoms with E-state index in [4.69, 9.17) is 0 Å². The number of benzene rings is 2. The molecule has 0 bridgehead atoms. The molecule has 1 N–H and O–H groups in total. The minimum Gasteiger partial charge on any atom is -0.374 e. The summed E-state index contributed by atoms with van der Waals surface area (Å²) < 4.78 is 0. The van der Waals surface area contributed by atoms with Crippen LogP contribution in [0.4, 0.5) is 5.69 Å². The molecule has 2 heteroatoms. The molecule has 0 amide bonds. The van der Waals surface area contributed by atoms with E-state index < -0.39 is 6.23 Å². The second kappa shape index (κ2) is 5.51. The summed E-state index contributed by atoms with van der Waals surface area (Å²) in [7, 11) is 0. The van der Waals surface area contributed by atoms with Gasteiger partial charge >= 0.3 is 0 Å². The highest BCUT2D eigenvalue weighted by Gasteiger charge is 2.19. The van der Waals surface area contributed by atoms with Gasteiger partial charge in [-0.2, -0.15) is 0 Å². The van der Waals surface area contributed by atoms with Crippen LogP contribution < -0.4 is 4.90 Å².